The predicted molar refractivity (Wildman–Crippen MR) is 121 cm³/mol. The van der Waals surface area contributed by atoms with Crippen molar-refractivity contribution in [1.82, 2.24) is 16.0 Å². The fourth-order valence-corrected chi connectivity index (χ4v) is 3.96. The van der Waals surface area contributed by atoms with Crippen molar-refractivity contribution in [3.63, 3.8) is 0 Å². The van der Waals surface area contributed by atoms with Gasteiger partial charge in [0, 0.05) is 41.8 Å². The van der Waals surface area contributed by atoms with E-state index in [0.717, 1.165) is 15.0 Å². The Bertz CT molecular complexity index is 985. The highest BCUT2D eigenvalue weighted by atomic mass is 32.1. The maximum Gasteiger partial charge on any atom is 0.251 e. The van der Waals surface area contributed by atoms with Gasteiger partial charge in [0.25, 0.3) is 5.91 Å². The number of guanidine groups is 1. The molecule has 0 fully saturated rings. The minimum atomic E-state index is -0.631. The van der Waals surface area contributed by atoms with Gasteiger partial charge in [-0.3, -0.25) is 9.79 Å². The van der Waals surface area contributed by atoms with Crippen molar-refractivity contribution < 1.29 is 14.6 Å². The monoisotopic (exact) mass is 426 g/mol. The second-order valence-electron chi connectivity index (χ2n) is 6.57. The summed E-state index contributed by atoms with van der Waals surface area (Å²) in [6.07, 6.45) is -0.631. The van der Waals surface area contributed by atoms with Gasteiger partial charge in [0.15, 0.2) is 5.96 Å². The van der Waals surface area contributed by atoms with Crippen LogP contribution in [0.5, 0.6) is 5.75 Å². The Hall–Kier alpha value is -3.10. The number of methoxy groups -OCH3 is 1. The standard InChI is InChI=1S/C22H26N4O3S/c1-23-22(25-11-10-24-21(28)16-7-5-8-17(12-16)29-2)26-14-18(27)20-13-15-6-3-4-9-19(15)30-20/h3-9,12-13,18,27H,10-11,14H2,1-2H3,(H,24,28)(H2,23,25,26). The molecule has 2 aromatic carbocycles. The fraction of sp³-hybridized carbons (Fsp3) is 0.273. The molecule has 3 aromatic rings. The first kappa shape index (κ1) is 21.6. The maximum absolute atomic E-state index is 12.2. The Morgan fingerprint density at radius 3 is 2.67 bits per heavy atom. The van der Waals surface area contributed by atoms with Gasteiger partial charge in [0.05, 0.1) is 7.11 Å². The van der Waals surface area contributed by atoms with Crippen molar-refractivity contribution in [2.45, 2.75) is 6.10 Å². The first-order valence-corrected chi connectivity index (χ1v) is 10.5. The molecule has 0 aliphatic heterocycles. The average molecular weight is 427 g/mol. The minimum Gasteiger partial charge on any atom is -0.497 e. The van der Waals surface area contributed by atoms with Crippen LogP contribution in [0.4, 0.5) is 0 Å². The molecule has 0 radical (unpaired) electrons. The number of nitrogens with zero attached hydrogens (tertiary/aromatic N) is 1. The molecule has 1 aromatic heterocycles. The van der Waals surface area contributed by atoms with E-state index in [4.69, 9.17) is 4.74 Å². The maximum atomic E-state index is 12.2. The lowest BCUT2D eigenvalue weighted by molar-refractivity contribution is 0.0954. The van der Waals surface area contributed by atoms with Crippen LogP contribution in [0.2, 0.25) is 0 Å². The number of aliphatic imine (C=N–C) groups is 1. The summed E-state index contributed by atoms with van der Waals surface area (Å²) in [6, 6.07) is 17.1. The molecule has 1 heterocycles. The second kappa shape index (κ2) is 10.6. The number of carbonyl (C=O) groups is 1. The van der Waals surface area contributed by atoms with E-state index in [-0.39, 0.29) is 5.91 Å². The van der Waals surface area contributed by atoms with Gasteiger partial charge in [-0.05, 0) is 35.7 Å². The van der Waals surface area contributed by atoms with Gasteiger partial charge >= 0.3 is 0 Å². The van der Waals surface area contributed by atoms with Crippen molar-refractivity contribution in [3.8, 4) is 5.75 Å². The highest BCUT2D eigenvalue weighted by molar-refractivity contribution is 7.19. The number of fused-ring (bicyclic) bond motifs is 1. The summed E-state index contributed by atoms with van der Waals surface area (Å²) in [6.45, 7) is 1.26. The molecule has 0 bridgehead atoms. The Morgan fingerprint density at radius 2 is 1.90 bits per heavy atom. The van der Waals surface area contributed by atoms with E-state index in [1.807, 2.05) is 30.3 Å². The number of aliphatic hydroxyl groups excluding tert-OH is 1. The molecule has 0 saturated heterocycles. The molecule has 1 atom stereocenters. The predicted octanol–water partition coefficient (Wildman–Crippen LogP) is 2.54. The van der Waals surface area contributed by atoms with Gasteiger partial charge in [-0.1, -0.05) is 24.3 Å². The molecule has 8 heteroatoms. The zero-order valence-electron chi connectivity index (χ0n) is 17.0. The third-order valence-corrected chi connectivity index (χ3v) is 5.71. The van der Waals surface area contributed by atoms with Gasteiger partial charge in [0.1, 0.15) is 11.9 Å². The van der Waals surface area contributed by atoms with Crippen LogP contribution in [0.1, 0.15) is 21.3 Å². The zero-order chi connectivity index (χ0) is 21.3. The third kappa shape index (κ3) is 5.71. The summed E-state index contributed by atoms with van der Waals surface area (Å²) < 4.78 is 6.29. The van der Waals surface area contributed by atoms with Crippen molar-refractivity contribution in [2.75, 3.05) is 33.8 Å². The summed E-state index contributed by atoms with van der Waals surface area (Å²) in [5, 5.41) is 20.7. The Labute approximate surface area is 179 Å². The van der Waals surface area contributed by atoms with Crippen molar-refractivity contribution in [3.05, 3.63) is 65.0 Å². The third-order valence-electron chi connectivity index (χ3n) is 4.49. The molecule has 4 N–H and O–H groups in total. The molecule has 158 valence electrons. The Balaban J connectivity index is 1.41. The van der Waals surface area contributed by atoms with E-state index in [1.54, 1.807) is 49.8 Å². The second-order valence-corrected chi connectivity index (χ2v) is 7.69. The number of ether oxygens (including phenoxy) is 1. The minimum absolute atomic E-state index is 0.168. The van der Waals surface area contributed by atoms with E-state index >= 15 is 0 Å². The average Bonchev–Trinajstić information content (AvgIpc) is 3.22. The first-order chi connectivity index (χ1) is 14.6. The van der Waals surface area contributed by atoms with Crippen LogP contribution in [0.3, 0.4) is 0 Å². The molecule has 1 amide bonds. The lowest BCUT2D eigenvalue weighted by Crippen LogP contribution is -2.42. The van der Waals surface area contributed by atoms with E-state index in [2.05, 4.69) is 20.9 Å². The number of amides is 1. The SMILES string of the molecule is CN=C(NCCNC(=O)c1cccc(OC)c1)NCC(O)c1cc2ccccc2s1. The normalized spacial score (nSPS) is 12.4. The number of carbonyl (C=O) groups excluding carboxylic acids is 1. The summed E-state index contributed by atoms with van der Waals surface area (Å²) in [4.78, 5) is 17.3. The highest BCUT2D eigenvalue weighted by Crippen LogP contribution is 2.29. The number of thiophene rings is 1. The molecular formula is C22H26N4O3S. The van der Waals surface area contributed by atoms with Crippen molar-refractivity contribution >= 4 is 33.3 Å². The van der Waals surface area contributed by atoms with Crippen LogP contribution < -0.4 is 20.7 Å². The fourth-order valence-electron chi connectivity index (χ4n) is 2.90. The van der Waals surface area contributed by atoms with Gasteiger partial charge in [-0.25, -0.2) is 0 Å². The van der Waals surface area contributed by atoms with E-state index in [9.17, 15) is 9.90 Å². The smallest absolute Gasteiger partial charge is 0.251 e. The molecule has 3 rings (SSSR count). The lowest BCUT2D eigenvalue weighted by atomic mass is 10.2. The van der Waals surface area contributed by atoms with Crippen LogP contribution in [0, 0.1) is 0 Å². The van der Waals surface area contributed by atoms with Crippen LogP contribution in [0.25, 0.3) is 10.1 Å². The van der Waals surface area contributed by atoms with Crippen LogP contribution >= 0.6 is 11.3 Å². The number of rotatable bonds is 8. The van der Waals surface area contributed by atoms with Gasteiger partial charge in [-0.15, -0.1) is 11.3 Å². The Kier molecular flexibility index (Phi) is 7.64. The van der Waals surface area contributed by atoms with Crippen LogP contribution in [-0.4, -0.2) is 50.8 Å². The van der Waals surface area contributed by atoms with Crippen molar-refractivity contribution in [1.29, 1.82) is 0 Å². The number of hydrogen-bond acceptors (Lipinski definition) is 5. The summed E-state index contributed by atoms with van der Waals surface area (Å²) >= 11 is 1.58. The quantitative estimate of drug-likeness (QED) is 0.252. The molecule has 0 spiro atoms. The number of nitrogens with one attached hydrogen (secondary N) is 3. The molecular weight excluding hydrogens is 400 g/mol. The summed E-state index contributed by atoms with van der Waals surface area (Å²) in [7, 11) is 3.23. The number of aliphatic hydroxyl groups is 1. The Morgan fingerprint density at radius 1 is 1.10 bits per heavy atom. The first-order valence-electron chi connectivity index (χ1n) is 9.64. The number of benzene rings is 2. The lowest BCUT2D eigenvalue weighted by Gasteiger charge is -2.15. The summed E-state index contributed by atoms with van der Waals surface area (Å²) in [5.74, 6) is 1.03. The molecule has 0 aliphatic rings. The highest BCUT2D eigenvalue weighted by Gasteiger charge is 2.12. The van der Waals surface area contributed by atoms with Crippen LogP contribution in [0.15, 0.2) is 59.6 Å². The number of hydrogen-bond donors (Lipinski definition) is 4. The van der Waals surface area contributed by atoms with Crippen molar-refractivity contribution in [2.24, 2.45) is 4.99 Å². The topological polar surface area (TPSA) is 95.0 Å². The molecule has 30 heavy (non-hydrogen) atoms. The van der Waals surface area contributed by atoms with Gasteiger partial charge in [0.2, 0.25) is 0 Å². The zero-order valence-corrected chi connectivity index (χ0v) is 17.8. The van der Waals surface area contributed by atoms with Gasteiger partial charge in [-0.2, -0.15) is 0 Å². The molecule has 0 saturated carbocycles. The van der Waals surface area contributed by atoms with Gasteiger partial charge < -0.3 is 25.8 Å². The molecule has 1 unspecified atom stereocenters. The van der Waals surface area contributed by atoms with E-state index in [0.29, 0.717) is 36.9 Å². The largest absolute Gasteiger partial charge is 0.497 e. The van der Waals surface area contributed by atoms with E-state index in [1.165, 1.54) is 0 Å². The molecule has 7 nitrogen and oxygen atoms in total. The molecule has 0 aliphatic carbocycles. The van der Waals surface area contributed by atoms with E-state index < -0.39 is 6.10 Å². The summed E-state index contributed by atoms with van der Waals surface area (Å²) in [5.41, 5.74) is 0.545. The van der Waals surface area contributed by atoms with Crippen LogP contribution in [-0.2, 0) is 0 Å².